The lowest BCUT2D eigenvalue weighted by molar-refractivity contribution is 0.0203. The summed E-state index contributed by atoms with van der Waals surface area (Å²) in [5, 5.41) is 9.94. The molecule has 28 heavy (non-hydrogen) atoms. The highest BCUT2D eigenvalue weighted by Crippen LogP contribution is 2.25. The van der Waals surface area contributed by atoms with Gasteiger partial charge in [-0.3, -0.25) is 0 Å². The molecule has 6 nitrogen and oxygen atoms in total. The molecule has 1 aliphatic heterocycles. The minimum Gasteiger partial charge on any atom is -0.381 e. The molecule has 0 saturated carbocycles. The summed E-state index contributed by atoms with van der Waals surface area (Å²) in [4.78, 5) is 9.36. The first-order valence-electron chi connectivity index (χ1n) is 10.1. The van der Waals surface area contributed by atoms with E-state index < -0.39 is 0 Å². The second-order valence-electron chi connectivity index (χ2n) is 8.00. The van der Waals surface area contributed by atoms with Crippen molar-refractivity contribution in [2.24, 2.45) is 10.9 Å². The average Bonchev–Trinajstić information content (AvgIpc) is 3.13. The van der Waals surface area contributed by atoms with Gasteiger partial charge in [0.1, 0.15) is 0 Å². The van der Waals surface area contributed by atoms with E-state index in [9.17, 15) is 0 Å². The second kappa shape index (κ2) is 13.7. The van der Waals surface area contributed by atoms with Gasteiger partial charge in [-0.25, -0.2) is 9.98 Å². The summed E-state index contributed by atoms with van der Waals surface area (Å²) in [5.41, 5.74) is 1.13. The number of aliphatic imine (C=N–C) groups is 1. The topological polar surface area (TPSA) is 67.8 Å². The van der Waals surface area contributed by atoms with Gasteiger partial charge in [-0.1, -0.05) is 20.8 Å². The molecule has 0 atom stereocenters. The number of halogens is 1. The fraction of sp³-hybridized carbons (Fsp3) is 0.800. The molecule has 2 rings (SSSR count). The highest BCUT2D eigenvalue weighted by molar-refractivity contribution is 14.0. The molecule has 1 aliphatic rings. The van der Waals surface area contributed by atoms with Gasteiger partial charge in [-0.05, 0) is 32.1 Å². The molecule has 0 aliphatic carbocycles. The molecule has 0 amide bonds. The summed E-state index contributed by atoms with van der Waals surface area (Å²) in [6.07, 6.45) is 3.23. The number of nitrogens with zero attached hydrogens (tertiary/aromatic N) is 2. The lowest BCUT2D eigenvalue weighted by Gasteiger charge is -2.21. The normalized spacial score (nSPS) is 15.9. The first-order chi connectivity index (χ1) is 13.0. The maximum Gasteiger partial charge on any atom is 0.191 e. The lowest BCUT2D eigenvalue weighted by atomic mass is 9.98. The number of guanidine groups is 1. The molecule has 0 aromatic carbocycles. The van der Waals surface area contributed by atoms with Crippen molar-refractivity contribution in [2.75, 3.05) is 39.5 Å². The third kappa shape index (κ3) is 9.84. The monoisotopic (exact) mass is 524 g/mol. The zero-order valence-electron chi connectivity index (χ0n) is 17.8. The van der Waals surface area contributed by atoms with Crippen LogP contribution >= 0.6 is 35.3 Å². The number of ether oxygens (including phenoxy) is 2. The van der Waals surface area contributed by atoms with Crippen molar-refractivity contribution in [2.45, 2.75) is 58.9 Å². The first kappa shape index (κ1) is 25.6. The van der Waals surface area contributed by atoms with Gasteiger partial charge in [-0.15, -0.1) is 35.3 Å². The van der Waals surface area contributed by atoms with Crippen molar-refractivity contribution in [3.05, 3.63) is 16.1 Å². The maximum atomic E-state index is 5.81. The maximum absolute atomic E-state index is 5.81. The smallest absolute Gasteiger partial charge is 0.191 e. The van der Waals surface area contributed by atoms with Gasteiger partial charge in [-0.2, -0.15) is 0 Å². The quantitative estimate of drug-likeness (QED) is 0.222. The second-order valence-corrected chi connectivity index (χ2v) is 8.86. The zero-order valence-corrected chi connectivity index (χ0v) is 20.9. The summed E-state index contributed by atoms with van der Waals surface area (Å²) in [6, 6.07) is 0. The Hall–Kier alpha value is -0.450. The van der Waals surface area contributed by atoms with Crippen LogP contribution in [-0.4, -0.2) is 50.5 Å². The number of hydrogen-bond acceptors (Lipinski definition) is 5. The molecule has 0 radical (unpaired) electrons. The Morgan fingerprint density at radius 1 is 1.32 bits per heavy atom. The van der Waals surface area contributed by atoms with E-state index in [0.29, 0.717) is 12.5 Å². The minimum atomic E-state index is 0. The molecule has 1 aromatic heterocycles. The van der Waals surface area contributed by atoms with Crippen molar-refractivity contribution in [3.63, 3.8) is 0 Å². The van der Waals surface area contributed by atoms with Crippen molar-refractivity contribution in [1.82, 2.24) is 15.6 Å². The molecule has 1 saturated heterocycles. The summed E-state index contributed by atoms with van der Waals surface area (Å²) >= 11 is 1.71. The Morgan fingerprint density at radius 2 is 2.07 bits per heavy atom. The molecule has 2 heterocycles. The zero-order chi connectivity index (χ0) is 19.5. The summed E-state index contributed by atoms with van der Waals surface area (Å²) < 4.78 is 11.2. The standard InChI is InChI=1S/C20H36N4O2S.HI/c1-5-21-19(23-13-17-15-27-18(24-17)20(2,3)4)22-9-6-10-26-14-16-7-11-25-12-8-16;/h15-16H,5-14H2,1-4H3,(H2,21,22,23);1H. The lowest BCUT2D eigenvalue weighted by Crippen LogP contribution is -2.38. The van der Waals surface area contributed by atoms with Crippen LogP contribution in [0.15, 0.2) is 10.4 Å². The number of nitrogens with one attached hydrogen (secondary N) is 2. The summed E-state index contributed by atoms with van der Waals surface area (Å²) in [5.74, 6) is 1.51. The molecule has 1 fully saturated rings. The van der Waals surface area contributed by atoms with Gasteiger partial charge in [0.15, 0.2) is 5.96 Å². The van der Waals surface area contributed by atoms with E-state index in [4.69, 9.17) is 14.5 Å². The van der Waals surface area contributed by atoms with Crippen LogP contribution < -0.4 is 10.6 Å². The average molecular weight is 525 g/mol. The first-order valence-corrected chi connectivity index (χ1v) is 11.0. The van der Waals surface area contributed by atoms with Crippen LogP contribution in [0.3, 0.4) is 0 Å². The van der Waals surface area contributed by atoms with Crippen LogP contribution in [0.1, 0.15) is 57.7 Å². The van der Waals surface area contributed by atoms with Crippen LogP contribution in [0, 0.1) is 5.92 Å². The molecule has 0 spiro atoms. The van der Waals surface area contributed by atoms with Gasteiger partial charge in [0, 0.05) is 50.3 Å². The van der Waals surface area contributed by atoms with Gasteiger partial charge in [0.2, 0.25) is 0 Å². The Morgan fingerprint density at radius 3 is 2.71 bits per heavy atom. The highest BCUT2D eigenvalue weighted by Gasteiger charge is 2.17. The van der Waals surface area contributed by atoms with Crippen LogP contribution in [0.5, 0.6) is 0 Å². The van der Waals surface area contributed by atoms with Crippen LogP contribution in [0.25, 0.3) is 0 Å². The number of thiazole rings is 1. The molecule has 0 bridgehead atoms. The van der Waals surface area contributed by atoms with E-state index in [1.165, 1.54) is 0 Å². The molecule has 1 aromatic rings. The fourth-order valence-corrected chi connectivity index (χ4v) is 3.67. The third-order valence-electron chi connectivity index (χ3n) is 4.39. The van der Waals surface area contributed by atoms with E-state index in [1.807, 2.05) is 0 Å². The summed E-state index contributed by atoms with van der Waals surface area (Å²) in [7, 11) is 0. The Balaban J connectivity index is 0.00000392. The van der Waals surface area contributed by atoms with Crippen molar-refractivity contribution in [1.29, 1.82) is 0 Å². The highest BCUT2D eigenvalue weighted by atomic mass is 127. The van der Waals surface area contributed by atoms with E-state index >= 15 is 0 Å². The Kier molecular flexibility index (Phi) is 12.5. The molecule has 0 unspecified atom stereocenters. The van der Waals surface area contributed by atoms with Crippen molar-refractivity contribution in [3.8, 4) is 0 Å². The third-order valence-corrected chi connectivity index (χ3v) is 5.71. The van der Waals surface area contributed by atoms with Crippen molar-refractivity contribution < 1.29 is 9.47 Å². The van der Waals surface area contributed by atoms with E-state index in [2.05, 4.69) is 48.7 Å². The van der Waals surface area contributed by atoms with E-state index in [0.717, 1.165) is 75.4 Å². The predicted octanol–water partition coefficient (Wildman–Crippen LogP) is 3.95. The number of rotatable bonds is 9. The van der Waals surface area contributed by atoms with Gasteiger partial charge >= 0.3 is 0 Å². The summed E-state index contributed by atoms with van der Waals surface area (Å²) in [6.45, 7) is 14.3. The van der Waals surface area contributed by atoms with E-state index in [-0.39, 0.29) is 29.4 Å². The fourth-order valence-electron chi connectivity index (χ4n) is 2.77. The van der Waals surface area contributed by atoms with Crippen LogP contribution in [0.4, 0.5) is 0 Å². The molecular weight excluding hydrogens is 487 g/mol. The molecule has 162 valence electrons. The van der Waals surface area contributed by atoms with Gasteiger partial charge in [0.25, 0.3) is 0 Å². The van der Waals surface area contributed by atoms with Gasteiger partial charge < -0.3 is 20.1 Å². The Bertz CT molecular complexity index is 569. The number of hydrogen-bond donors (Lipinski definition) is 2. The SMILES string of the molecule is CCNC(=NCc1csc(C(C)(C)C)n1)NCCCOCC1CCOCC1.I. The molecule has 2 N–H and O–H groups in total. The molecular formula is C20H37IN4O2S. The largest absolute Gasteiger partial charge is 0.381 e. The van der Waals surface area contributed by atoms with Crippen molar-refractivity contribution >= 4 is 41.3 Å². The predicted molar refractivity (Wildman–Crippen MR) is 128 cm³/mol. The van der Waals surface area contributed by atoms with Crippen LogP contribution in [-0.2, 0) is 21.4 Å². The minimum absolute atomic E-state index is 0. The van der Waals surface area contributed by atoms with Gasteiger partial charge in [0.05, 0.1) is 17.2 Å². The van der Waals surface area contributed by atoms with E-state index in [1.54, 1.807) is 11.3 Å². The Labute approximate surface area is 191 Å². The number of aromatic nitrogens is 1. The van der Waals surface area contributed by atoms with Crippen LogP contribution in [0.2, 0.25) is 0 Å². The molecule has 8 heteroatoms.